The second kappa shape index (κ2) is 32.2. The predicted octanol–water partition coefficient (Wildman–Crippen LogP) is 9.04. The number of allylic oxidation sites excluding steroid dienone is 6. The third-order valence-corrected chi connectivity index (χ3v) is 7.96. The normalized spacial score (nSPS) is 14.0. The van der Waals surface area contributed by atoms with Crippen LogP contribution < -0.4 is 5.73 Å². The molecule has 0 radical (unpaired) electrons. The summed E-state index contributed by atoms with van der Waals surface area (Å²) in [4.78, 5) is 34.5. The average Bonchev–Trinajstić information content (AvgIpc) is 3.02. The number of carbonyl (C=O) groups excluding carboxylic acids is 2. The van der Waals surface area contributed by atoms with E-state index in [0.29, 0.717) is 6.42 Å². The zero-order valence-corrected chi connectivity index (χ0v) is 29.2. The number of phosphoric ester groups is 1. The standard InChI is InChI=1S/C35H64NO8P/c1-3-5-7-9-11-13-15-16-17-18-20-22-24-26-28-35(38)44-33(32-43-45(39,40)42-30-29-36)31-41-34(37)27-25-23-21-19-14-12-10-8-6-4-2/h8-11,15-16,33H,3-7,12-14,17-32,36H2,1-2H3,(H,39,40)/b10-8-,11-9-,16-15-. The lowest BCUT2D eigenvalue weighted by atomic mass is 10.1. The minimum atomic E-state index is -4.37. The second-order valence-corrected chi connectivity index (χ2v) is 12.8. The van der Waals surface area contributed by atoms with E-state index in [1.54, 1.807) is 0 Å². The molecular weight excluding hydrogens is 593 g/mol. The summed E-state index contributed by atoms with van der Waals surface area (Å²) >= 11 is 0. The molecule has 10 heteroatoms. The van der Waals surface area contributed by atoms with Gasteiger partial charge in [0.1, 0.15) is 6.61 Å². The monoisotopic (exact) mass is 657 g/mol. The molecule has 0 bridgehead atoms. The number of esters is 2. The number of carbonyl (C=O) groups is 2. The third kappa shape index (κ3) is 32.0. The SMILES string of the molecule is CCC/C=C\CCCCCCCC(=O)OCC(COP(=O)(O)OCCN)OC(=O)CCCCCCC/C=C\C/C=C\CCCC. The highest BCUT2D eigenvalue weighted by molar-refractivity contribution is 7.47. The van der Waals surface area contributed by atoms with Gasteiger partial charge in [0, 0.05) is 19.4 Å². The number of nitrogens with two attached hydrogens (primary N) is 1. The smallest absolute Gasteiger partial charge is 0.462 e. The van der Waals surface area contributed by atoms with Gasteiger partial charge < -0.3 is 20.1 Å². The lowest BCUT2D eigenvalue weighted by molar-refractivity contribution is -0.161. The van der Waals surface area contributed by atoms with Gasteiger partial charge in [0.2, 0.25) is 0 Å². The Bertz CT molecular complexity index is 846. The van der Waals surface area contributed by atoms with Crippen molar-refractivity contribution in [1.82, 2.24) is 0 Å². The number of unbranched alkanes of at least 4 members (excludes halogenated alkanes) is 13. The molecule has 0 saturated heterocycles. The van der Waals surface area contributed by atoms with Gasteiger partial charge in [-0.15, -0.1) is 0 Å². The Labute approximate surface area is 274 Å². The fourth-order valence-corrected chi connectivity index (χ4v) is 5.12. The first-order chi connectivity index (χ1) is 21.8. The molecule has 0 aliphatic heterocycles. The van der Waals surface area contributed by atoms with Crippen LogP contribution in [0.25, 0.3) is 0 Å². The molecule has 45 heavy (non-hydrogen) atoms. The summed E-state index contributed by atoms with van der Waals surface area (Å²) in [6.07, 6.45) is 31.8. The Kier molecular flexibility index (Phi) is 30.9. The molecule has 0 heterocycles. The second-order valence-electron chi connectivity index (χ2n) is 11.4. The van der Waals surface area contributed by atoms with Crippen molar-refractivity contribution in [2.45, 2.75) is 148 Å². The Hall–Kier alpha value is -1.77. The Morgan fingerprint density at radius 1 is 0.667 bits per heavy atom. The van der Waals surface area contributed by atoms with Gasteiger partial charge in [0.15, 0.2) is 6.10 Å². The quantitative estimate of drug-likeness (QED) is 0.0314. The van der Waals surface area contributed by atoms with Crippen molar-refractivity contribution in [2.24, 2.45) is 5.73 Å². The molecule has 0 amide bonds. The van der Waals surface area contributed by atoms with Crippen molar-refractivity contribution in [3.05, 3.63) is 36.5 Å². The third-order valence-electron chi connectivity index (χ3n) is 6.98. The molecule has 0 fully saturated rings. The summed E-state index contributed by atoms with van der Waals surface area (Å²) in [5.74, 6) is -0.863. The molecule has 0 aromatic carbocycles. The van der Waals surface area contributed by atoms with Gasteiger partial charge >= 0.3 is 19.8 Å². The van der Waals surface area contributed by atoms with E-state index >= 15 is 0 Å². The molecule has 0 aromatic rings. The van der Waals surface area contributed by atoms with Crippen molar-refractivity contribution in [3.63, 3.8) is 0 Å². The molecule has 2 unspecified atom stereocenters. The molecule has 0 aliphatic rings. The summed E-state index contributed by atoms with van der Waals surface area (Å²) < 4.78 is 32.5. The largest absolute Gasteiger partial charge is 0.472 e. The number of hydrogen-bond donors (Lipinski definition) is 2. The van der Waals surface area contributed by atoms with E-state index in [1.807, 2.05) is 0 Å². The molecule has 0 aliphatic carbocycles. The van der Waals surface area contributed by atoms with E-state index in [9.17, 15) is 19.0 Å². The first-order valence-corrected chi connectivity index (χ1v) is 19.0. The average molecular weight is 658 g/mol. The lowest BCUT2D eigenvalue weighted by Gasteiger charge is -2.19. The number of rotatable bonds is 32. The van der Waals surface area contributed by atoms with Crippen LogP contribution in [-0.4, -0.2) is 49.3 Å². The predicted molar refractivity (Wildman–Crippen MR) is 183 cm³/mol. The van der Waals surface area contributed by atoms with Gasteiger partial charge in [-0.25, -0.2) is 4.57 Å². The van der Waals surface area contributed by atoms with E-state index in [4.69, 9.17) is 24.3 Å². The maximum absolute atomic E-state index is 12.5. The molecule has 0 aromatic heterocycles. The highest BCUT2D eigenvalue weighted by Crippen LogP contribution is 2.43. The number of ether oxygens (including phenoxy) is 2. The summed E-state index contributed by atoms with van der Waals surface area (Å²) in [6, 6.07) is 0. The van der Waals surface area contributed by atoms with E-state index in [2.05, 4.69) is 50.3 Å². The van der Waals surface area contributed by atoms with Crippen molar-refractivity contribution in [3.8, 4) is 0 Å². The number of phosphoric acid groups is 1. The van der Waals surface area contributed by atoms with Gasteiger partial charge in [-0.1, -0.05) is 108 Å². The van der Waals surface area contributed by atoms with Crippen LogP contribution in [0.3, 0.4) is 0 Å². The van der Waals surface area contributed by atoms with Gasteiger partial charge in [0.05, 0.1) is 13.2 Å². The molecular formula is C35H64NO8P. The topological polar surface area (TPSA) is 134 Å². The van der Waals surface area contributed by atoms with Gasteiger partial charge in [-0.3, -0.25) is 18.6 Å². The van der Waals surface area contributed by atoms with Gasteiger partial charge in [-0.05, 0) is 57.8 Å². The van der Waals surface area contributed by atoms with Gasteiger partial charge in [-0.2, -0.15) is 0 Å². The fraction of sp³-hybridized carbons (Fsp3) is 0.771. The molecule has 9 nitrogen and oxygen atoms in total. The molecule has 262 valence electrons. The van der Waals surface area contributed by atoms with E-state index < -0.39 is 32.5 Å². The van der Waals surface area contributed by atoms with Gasteiger partial charge in [0.25, 0.3) is 0 Å². The summed E-state index contributed by atoms with van der Waals surface area (Å²) in [5, 5.41) is 0. The highest BCUT2D eigenvalue weighted by atomic mass is 31.2. The molecule has 3 N–H and O–H groups in total. The molecule has 2 atom stereocenters. The van der Waals surface area contributed by atoms with Crippen LogP contribution in [0, 0.1) is 0 Å². The summed E-state index contributed by atoms with van der Waals surface area (Å²) in [6.45, 7) is 3.57. The number of hydrogen-bond acceptors (Lipinski definition) is 8. The summed E-state index contributed by atoms with van der Waals surface area (Å²) in [7, 11) is -4.37. The van der Waals surface area contributed by atoms with Crippen LogP contribution in [-0.2, 0) is 32.7 Å². The molecule has 0 saturated carbocycles. The molecule has 0 spiro atoms. The van der Waals surface area contributed by atoms with Crippen LogP contribution in [0.15, 0.2) is 36.5 Å². The van der Waals surface area contributed by atoms with Crippen LogP contribution in [0.1, 0.15) is 142 Å². The fourth-order valence-electron chi connectivity index (χ4n) is 4.36. The minimum Gasteiger partial charge on any atom is -0.462 e. The Balaban J connectivity index is 4.31. The zero-order valence-electron chi connectivity index (χ0n) is 28.3. The van der Waals surface area contributed by atoms with Crippen molar-refractivity contribution in [2.75, 3.05) is 26.4 Å². The first kappa shape index (κ1) is 43.2. The van der Waals surface area contributed by atoms with E-state index in [0.717, 1.165) is 89.9 Å². The van der Waals surface area contributed by atoms with Crippen LogP contribution in [0.2, 0.25) is 0 Å². The Morgan fingerprint density at radius 3 is 1.80 bits per heavy atom. The van der Waals surface area contributed by atoms with Crippen LogP contribution >= 0.6 is 7.82 Å². The summed E-state index contributed by atoms with van der Waals surface area (Å²) in [5.41, 5.74) is 5.31. The zero-order chi connectivity index (χ0) is 33.3. The van der Waals surface area contributed by atoms with E-state index in [-0.39, 0.29) is 32.6 Å². The molecule has 0 rings (SSSR count). The maximum atomic E-state index is 12.5. The van der Waals surface area contributed by atoms with Crippen LogP contribution in [0.4, 0.5) is 0 Å². The first-order valence-electron chi connectivity index (χ1n) is 17.5. The van der Waals surface area contributed by atoms with Crippen LogP contribution in [0.5, 0.6) is 0 Å². The Morgan fingerprint density at radius 2 is 1.20 bits per heavy atom. The maximum Gasteiger partial charge on any atom is 0.472 e. The minimum absolute atomic E-state index is 0.0490. The lowest BCUT2D eigenvalue weighted by Crippen LogP contribution is -2.29. The van der Waals surface area contributed by atoms with Crippen molar-refractivity contribution < 1.29 is 37.6 Å². The van der Waals surface area contributed by atoms with Crippen molar-refractivity contribution in [1.29, 1.82) is 0 Å². The van der Waals surface area contributed by atoms with E-state index in [1.165, 1.54) is 19.3 Å². The highest BCUT2D eigenvalue weighted by Gasteiger charge is 2.25. The van der Waals surface area contributed by atoms with Crippen molar-refractivity contribution >= 4 is 19.8 Å².